The number of carbonyl (C=O) groups excluding carboxylic acids is 3. The van der Waals surface area contributed by atoms with Crippen LogP contribution in [-0.4, -0.2) is 74.0 Å². The van der Waals surface area contributed by atoms with E-state index in [2.05, 4.69) is 55.4 Å². The Bertz CT molecular complexity index is 1080. The minimum Gasteiger partial charge on any atom is -0.465 e. The van der Waals surface area contributed by atoms with Crippen LogP contribution in [0.3, 0.4) is 0 Å². The molecule has 0 fully saturated rings. The second kappa shape index (κ2) is 47.0. The number of carbonyl (C=O) groups is 3. The summed E-state index contributed by atoms with van der Waals surface area (Å²) in [5.74, 6) is 0.0932. The van der Waals surface area contributed by atoms with E-state index in [4.69, 9.17) is 18.9 Å². The fourth-order valence-electron chi connectivity index (χ4n) is 8.97. The van der Waals surface area contributed by atoms with Crippen molar-refractivity contribution in [3.8, 4) is 0 Å². The Kier molecular flexibility index (Phi) is 45.8. The average molecular weight is 937 g/mol. The maximum atomic E-state index is 14.2. The first-order valence-corrected chi connectivity index (χ1v) is 28.9. The Morgan fingerprint density at radius 3 is 1.12 bits per heavy atom. The van der Waals surface area contributed by atoms with Gasteiger partial charge in [-0.05, 0) is 91.4 Å². The molecule has 0 heterocycles. The number of ether oxygens (including phenoxy) is 4. The van der Waals surface area contributed by atoms with E-state index in [1.165, 1.54) is 128 Å². The van der Waals surface area contributed by atoms with Crippen molar-refractivity contribution < 1.29 is 33.3 Å². The van der Waals surface area contributed by atoms with Gasteiger partial charge in [0.25, 0.3) is 5.91 Å². The largest absolute Gasteiger partial charge is 0.465 e. The molecule has 0 aliphatic heterocycles. The third-order valence-corrected chi connectivity index (χ3v) is 13.4. The summed E-state index contributed by atoms with van der Waals surface area (Å²) in [4.78, 5) is 42.4. The zero-order valence-electron chi connectivity index (χ0n) is 45.4. The zero-order chi connectivity index (χ0) is 48.8. The molecule has 0 aromatic heterocycles. The third kappa shape index (κ3) is 38.2. The topological polar surface area (TPSA) is 91.4 Å². The molecule has 8 nitrogen and oxygen atoms in total. The minimum atomic E-state index is -0.650. The minimum absolute atomic E-state index is 0.00842. The number of unbranched alkanes of at least 4 members (excludes halogenated alkanes) is 26. The van der Waals surface area contributed by atoms with Crippen molar-refractivity contribution in [2.75, 3.05) is 39.6 Å². The first kappa shape index (κ1) is 64.3. The van der Waals surface area contributed by atoms with Gasteiger partial charge in [0.15, 0.2) is 6.10 Å². The molecule has 1 amide bonds. The zero-order valence-corrected chi connectivity index (χ0v) is 45.4. The van der Waals surface area contributed by atoms with E-state index in [-0.39, 0.29) is 41.8 Å². The van der Waals surface area contributed by atoms with Crippen LogP contribution in [0.4, 0.5) is 0 Å². The van der Waals surface area contributed by atoms with Crippen molar-refractivity contribution in [2.24, 2.45) is 11.8 Å². The molecular formula is C58H113NO7. The Morgan fingerprint density at radius 2 is 0.712 bits per heavy atom. The molecule has 0 radical (unpaired) electrons. The monoisotopic (exact) mass is 936 g/mol. The van der Waals surface area contributed by atoms with Gasteiger partial charge in [0.2, 0.25) is 0 Å². The van der Waals surface area contributed by atoms with Gasteiger partial charge >= 0.3 is 11.9 Å². The molecule has 0 aromatic rings. The summed E-state index contributed by atoms with van der Waals surface area (Å²) in [5, 5.41) is 0. The maximum absolute atomic E-state index is 14.2. The highest BCUT2D eigenvalue weighted by Gasteiger charge is 2.32. The fraction of sp³-hybridized carbons (Fsp3) is 0.948. The molecule has 66 heavy (non-hydrogen) atoms. The Morgan fingerprint density at radius 1 is 0.394 bits per heavy atom. The van der Waals surface area contributed by atoms with Crippen LogP contribution in [0.1, 0.15) is 293 Å². The summed E-state index contributed by atoms with van der Waals surface area (Å²) in [6, 6.07) is 0. The standard InChI is InChI=1S/C58H113NO7/c1-9-14-19-24-27-35-44-52(42-33-22-17-12-4)56(61)65-49-39-31-30-38-47-63-51-54(55(60)59(58(6,7)8)46-37-29-26-21-16-11-3)64-48-40-32-41-50-66-57(62)53(43-34-23-18-13-5)45-36-28-25-20-15-10-2/h52-54H,9-51H2,1-8H3. The van der Waals surface area contributed by atoms with E-state index < -0.39 is 6.10 Å². The lowest BCUT2D eigenvalue weighted by Crippen LogP contribution is -2.52. The van der Waals surface area contributed by atoms with Crippen LogP contribution >= 0.6 is 0 Å². The van der Waals surface area contributed by atoms with Crippen molar-refractivity contribution in [1.29, 1.82) is 0 Å². The van der Waals surface area contributed by atoms with Gasteiger partial charge in [-0.2, -0.15) is 0 Å². The molecule has 0 N–H and O–H groups in total. The molecule has 0 aliphatic rings. The molecule has 3 atom stereocenters. The summed E-state index contributed by atoms with van der Waals surface area (Å²) >= 11 is 0. The van der Waals surface area contributed by atoms with Gasteiger partial charge in [-0.1, -0.05) is 202 Å². The number of hydrogen-bond acceptors (Lipinski definition) is 7. The quantitative estimate of drug-likeness (QED) is 0.0443. The Hall–Kier alpha value is -1.67. The number of amides is 1. The van der Waals surface area contributed by atoms with Crippen molar-refractivity contribution in [3.05, 3.63) is 0 Å². The molecule has 0 bridgehead atoms. The van der Waals surface area contributed by atoms with Crippen LogP contribution in [0.25, 0.3) is 0 Å². The molecular weight excluding hydrogens is 823 g/mol. The lowest BCUT2D eigenvalue weighted by atomic mass is 9.94. The predicted octanol–water partition coefficient (Wildman–Crippen LogP) is 16.9. The summed E-state index contributed by atoms with van der Waals surface area (Å²) in [7, 11) is 0. The van der Waals surface area contributed by atoms with Crippen LogP contribution in [0.2, 0.25) is 0 Å². The number of rotatable bonds is 50. The van der Waals surface area contributed by atoms with Gasteiger partial charge < -0.3 is 23.8 Å². The Balaban J connectivity index is 5.05. The highest BCUT2D eigenvalue weighted by Crippen LogP contribution is 2.23. The molecule has 0 saturated heterocycles. The average Bonchev–Trinajstić information content (AvgIpc) is 3.29. The van der Waals surface area contributed by atoms with Crippen LogP contribution in [0.5, 0.6) is 0 Å². The van der Waals surface area contributed by atoms with Crippen molar-refractivity contribution in [3.63, 3.8) is 0 Å². The highest BCUT2D eigenvalue weighted by atomic mass is 16.5. The van der Waals surface area contributed by atoms with E-state index in [1.807, 2.05) is 4.90 Å². The fourth-order valence-corrected chi connectivity index (χ4v) is 8.97. The summed E-state index contributed by atoms with van der Waals surface area (Å²) in [5.41, 5.74) is -0.318. The number of esters is 2. The SMILES string of the molecule is CCCCCCCCC(CCCCCC)C(=O)OCCCCCCOCC(OCCCCCOC(=O)C(CCCCCC)CCCCCCCC)C(=O)N(CCCCCCCC)C(C)(C)C. The van der Waals surface area contributed by atoms with Crippen LogP contribution in [0, 0.1) is 11.8 Å². The number of nitrogens with zero attached hydrogens (tertiary/aromatic N) is 1. The van der Waals surface area contributed by atoms with Gasteiger partial charge in [0.05, 0.1) is 31.7 Å². The molecule has 392 valence electrons. The van der Waals surface area contributed by atoms with E-state index in [0.29, 0.717) is 26.4 Å². The van der Waals surface area contributed by atoms with Gasteiger partial charge in [-0.25, -0.2) is 0 Å². The lowest BCUT2D eigenvalue weighted by molar-refractivity contribution is -0.153. The van der Waals surface area contributed by atoms with Gasteiger partial charge in [0.1, 0.15) is 0 Å². The summed E-state index contributed by atoms with van der Waals surface area (Å²) in [6.07, 6.45) is 40.9. The molecule has 0 spiro atoms. The Labute approximate surface area is 410 Å². The van der Waals surface area contributed by atoms with Crippen molar-refractivity contribution in [1.82, 2.24) is 4.90 Å². The first-order valence-electron chi connectivity index (χ1n) is 28.9. The number of hydrogen-bond donors (Lipinski definition) is 0. The molecule has 0 saturated carbocycles. The molecule has 0 aliphatic carbocycles. The predicted molar refractivity (Wildman–Crippen MR) is 280 cm³/mol. The van der Waals surface area contributed by atoms with E-state index >= 15 is 0 Å². The van der Waals surface area contributed by atoms with Gasteiger partial charge in [0, 0.05) is 25.3 Å². The maximum Gasteiger partial charge on any atom is 0.308 e. The molecule has 0 rings (SSSR count). The normalized spacial score (nSPS) is 13.2. The highest BCUT2D eigenvalue weighted by molar-refractivity contribution is 5.81. The van der Waals surface area contributed by atoms with E-state index in [1.54, 1.807) is 0 Å². The van der Waals surface area contributed by atoms with Crippen molar-refractivity contribution >= 4 is 17.8 Å². The van der Waals surface area contributed by atoms with Gasteiger partial charge in [-0.3, -0.25) is 14.4 Å². The molecule has 3 unspecified atom stereocenters. The molecule has 0 aromatic carbocycles. The van der Waals surface area contributed by atoms with Crippen LogP contribution in [-0.2, 0) is 33.3 Å². The lowest BCUT2D eigenvalue weighted by Gasteiger charge is -2.38. The van der Waals surface area contributed by atoms with E-state index in [9.17, 15) is 14.4 Å². The molecule has 8 heteroatoms. The van der Waals surface area contributed by atoms with Crippen LogP contribution < -0.4 is 0 Å². The van der Waals surface area contributed by atoms with Gasteiger partial charge in [-0.15, -0.1) is 0 Å². The van der Waals surface area contributed by atoms with E-state index in [0.717, 1.165) is 116 Å². The van der Waals surface area contributed by atoms with Crippen LogP contribution in [0.15, 0.2) is 0 Å². The summed E-state index contributed by atoms with van der Waals surface area (Å²) in [6.45, 7) is 20.5. The second-order valence-electron chi connectivity index (χ2n) is 20.9. The third-order valence-electron chi connectivity index (χ3n) is 13.4. The summed E-state index contributed by atoms with van der Waals surface area (Å²) < 4.78 is 24.2. The second-order valence-corrected chi connectivity index (χ2v) is 20.9. The van der Waals surface area contributed by atoms with Crippen molar-refractivity contribution in [2.45, 2.75) is 305 Å². The first-order chi connectivity index (χ1) is 32.1. The smallest absolute Gasteiger partial charge is 0.308 e.